The maximum absolute atomic E-state index is 6.00. The molecular formula is C16H14N2O2. The molecule has 0 aliphatic heterocycles. The Bertz CT molecular complexity index is 742. The molecule has 1 heterocycles. The molecule has 0 unspecified atom stereocenters. The van der Waals surface area contributed by atoms with Crippen LogP contribution in [0.25, 0.3) is 10.9 Å². The molecule has 3 rings (SSSR count). The molecule has 0 atom stereocenters. The zero-order chi connectivity index (χ0) is 13.9. The van der Waals surface area contributed by atoms with Crippen LogP contribution in [0.3, 0.4) is 0 Å². The summed E-state index contributed by atoms with van der Waals surface area (Å²) in [7, 11) is 1.61. The van der Waals surface area contributed by atoms with Gasteiger partial charge in [-0.2, -0.15) is 0 Å². The molecule has 0 saturated heterocycles. The highest BCUT2D eigenvalue weighted by molar-refractivity contribution is 5.91. The van der Waals surface area contributed by atoms with Gasteiger partial charge in [0.05, 0.1) is 18.3 Å². The molecule has 20 heavy (non-hydrogen) atoms. The number of nitrogens with zero attached hydrogens (tertiary/aromatic N) is 1. The van der Waals surface area contributed by atoms with Crippen LogP contribution >= 0.6 is 0 Å². The lowest BCUT2D eigenvalue weighted by Gasteiger charge is -2.08. The molecule has 0 saturated carbocycles. The first-order valence-electron chi connectivity index (χ1n) is 6.23. The van der Waals surface area contributed by atoms with Gasteiger partial charge in [-0.15, -0.1) is 0 Å². The van der Waals surface area contributed by atoms with Crippen molar-refractivity contribution >= 4 is 16.6 Å². The van der Waals surface area contributed by atoms with Gasteiger partial charge in [-0.05, 0) is 24.3 Å². The molecule has 2 N–H and O–H groups in total. The van der Waals surface area contributed by atoms with Crippen molar-refractivity contribution in [1.29, 1.82) is 0 Å². The van der Waals surface area contributed by atoms with Gasteiger partial charge in [0.15, 0.2) is 0 Å². The van der Waals surface area contributed by atoms with Crippen LogP contribution in [0.1, 0.15) is 0 Å². The van der Waals surface area contributed by atoms with Crippen molar-refractivity contribution in [3.8, 4) is 17.4 Å². The molecule has 0 radical (unpaired) electrons. The predicted molar refractivity (Wildman–Crippen MR) is 79.2 cm³/mol. The number of benzene rings is 2. The van der Waals surface area contributed by atoms with E-state index in [9.17, 15) is 0 Å². The van der Waals surface area contributed by atoms with Gasteiger partial charge < -0.3 is 15.2 Å². The van der Waals surface area contributed by atoms with Gasteiger partial charge in [0, 0.05) is 17.5 Å². The average Bonchev–Trinajstić information content (AvgIpc) is 2.48. The standard InChI is InChI=1S/C16H14N2O2/c1-19-13-9-11-7-8-15(18-16(11)14(17)10-13)20-12-5-3-2-4-6-12/h2-10H,17H2,1H3. The van der Waals surface area contributed by atoms with Crippen LogP contribution in [0.5, 0.6) is 17.4 Å². The first kappa shape index (κ1) is 12.3. The second-order valence-electron chi connectivity index (χ2n) is 4.35. The Kier molecular flexibility index (Phi) is 3.13. The molecule has 4 nitrogen and oxygen atoms in total. The number of methoxy groups -OCH3 is 1. The SMILES string of the molecule is COc1cc(N)c2nc(Oc3ccccc3)ccc2c1. The Hall–Kier alpha value is -2.75. The Labute approximate surface area is 116 Å². The summed E-state index contributed by atoms with van der Waals surface area (Å²) in [6, 6.07) is 16.9. The number of pyridine rings is 1. The zero-order valence-electron chi connectivity index (χ0n) is 11.0. The molecule has 0 amide bonds. The van der Waals surface area contributed by atoms with E-state index in [1.807, 2.05) is 48.5 Å². The summed E-state index contributed by atoms with van der Waals surface area (Å²) in [5, 5.41) is 0.919. The third-order valence-corrected chi connectivity index (χ3v) is 2.97. The highest BCUT2D eigenvalue weighted by Crippen LogP contribution is 2.29. The maximum Gasteiger partial charge on any atom is 0.219 e. The first-order valence-corrected chi connectivity index (χ1v) is 6.23. The van der Waals surface area contributed by atoms with E-state index in [4.69, 9.17) is 15.2 Å². The number of ether oxygens (including phenoxy) is 2. The van der Waals surface area contributed by atoms with E-state index in [1.165, 1.54) is 0 Å². The van der Waals surface area contributed by atoms with E-state index in [0.29, 0.717) is 22.8 Å². The minimum atomic E-state index is 0.514. The van der Waals surface area contributed by atoms with E-state index in [0.717, 1.165) is 11.1 Å². The smallest absolute Gasteiger partial charge is 0.219 e. The van der Waals surface area contributed by atoms with E-state index < -0.39 is 0 Å². The molecule has 0 aliphatic carbocycles. The van der Waals surface area contributed by atoms with E-state index in [1.54, 1.807) is 13.2 Å². The van der Waals surface area contributed by atoms with Crippen molar-refractivity contribution in [1.82, 2.24) is 4.98 Å². The lowest BCUT2D eigenvalue weighted by molar-refractivity contribution is 0.415. The van der Waals surface area contributed by atoms with E-state index >= 15 is 0 Å². The summed E-state index contributed by atoms with van der Waals surface area (Å²) in [6.07, 6.45) is 0. The van der Waals surface area contributed by atoms with Crippen molar-refractivity contribution < 1.29 is 9.47 Å². The Balaban J connectivity index is 2.00. The summed E-state index contributed by atoms with van der Waals surface area (Å²) in [6.45, 7) is 0. The van der Waals surface area contributed by atoms with Gasteiger partial charge in [0.2, 0.25) is 5.88 Å². The molecule has 0 aliphatic rings. The number of nitrogens with two attached hydrogens (primary N) is 1. The van der Waals surface area contributed by atoms with Crippen LogP contribution < -0.4 is 15.2 Å². The van der Waals surface area contributed by atoms with Crippen LogP contribution in [-0.4, -0.2) is 12.1 Å². The number of aromatic nitrogens is 1. The summed E-state index contributed by atoms with van der Waals surface area (Å²) in [5.41, 5.74) is 7.27. The van der Waals surface area contributed by atoms with Crippen LogP contribution in [0, 0.1) is 0 Å². The average molecular weight is 266 g/mol. The quantitative estimate of drug-likeness (QED) is 0.736. The molecular weight excluding hydrogens is 252 g/mol. The number of rotatable bonds is 3. The van der Waals surface area contributed by atoms with Crippen LogP contribution in [0.15, 0.2) is 54.6 Å². The monoisotopic (exact) mass is 266 g/mol. The normalized spacial score (nSPS) is 10.4. The number of anilines is 1. The van der Waals surface area contributed by atoms with E-state index in [-0.39, 0.29) is 0 Å². The fraction of sp³-hybridized carbons (Fsp3) is 0.0625. The third-order valence-electron chi connectivity index (χ3n) is 2.97. The highest BCUT2D eigenvalue weighted by Gasteiger charge is 2.06. The predicted octanol–water partition coefficient (Wildman–Crippen LogP) is 3.62. The van der Waals surface area contributed by atoms with Gasteiger partial charge in [-0.25, -0.2) is 4.98 Å². The molecule has 1 aromatic heterocycles. The van der Waals surface area contributed by atoms with Crippen LogP contribution in [0.4, 0.5) is 5.69 Å². The second-order valence-corrected chi connectivity index (χ2v) is 4.35. The van der Waals surface area contributed by atoms with E-state index in [2.05, 4.69) is 4.98 Å². The highest BCUT2D eigenvalue weighted by atomic mass is 16.5. The van der Waals surface area contributed by atoms with Gasteiger partial charge >= 0.3 is 0 Å². The van der Waals surface area contributed by atoms with Gasteiger partial charge in [0.25, 0.3) is 0 Å². The first-order chi connectivity index (χ1) is 9.76. The van der Waals surface area contributed by atoms with Gasteiger partial charge in [0.1, 0.15) is 11.5 Å². The van der Waals surface area contributed by atoms with Gasteiger partial charge in [-0.1, -0.05) is 18.2 Å². The lowest BCUT2D eigenvalue weighted by atomic mass is 10.2. The van der Waals surface area contributed by atoms with Crippen LogP contribution in [0.2, 0.25) is 0 Å². The molecule has 0 fully saturated rings. The summed E-state index contributed by atoms with van der Waals surface area (Å²) in [5.74, 6) is 1.97. The topological polar surface area (TPSA) is 57.4 Å². The number of para-hydroxylation sites is 1. The molecule has 4 heteroatoms. The number of nitrogen functional groups attached to an aromatic ring is 1. The van der Waals surface area contributed by atoms with Crippen molar-refractivity contribution in [2.75, 3.05) is 12.8 Å². The number of fused-ring (bicyclic) bond motifs is 1. The lowest BCUT2D eigenvalue weighted by Crippen LogP contribution is -1.94. The Morgan fingerprint density at radius 2 is 1.75 bits per heavy atom. The largest absolute Gasteiger partial charge is 0.497 e. The fourth-order valence-corrected chi connectivity index (χ4v) is 2.00. The Morgan fingerprint density at radius 1 is 0.950 bits per heavy atom. The molecule has 2 aromatic carbocycles. The summed E-state index contributed by atoms with van der Waals surface area (Å²) < 4.78 is 10.9. The third kappa shape index (κ3) is 2.36. The number of hydrogen-bond acceptors (Lipinski definition) is 4. The molecule has 0 bridgehead atoms. The number of hydrogen-bond donors (Lipinski definition) is 1. The zero-order valence-corrected chi connectivity index (χ0v) is 11.0. The maximum atomic E-state index is 6.00. The van der Waals surface area contributed by atoms with Crippen molar-refractivity contribution in [2.24, 2.45) is 0 Å². The van der Waals surface area contributed by atoms with Gasteiger partial charge in [-0.3, -0.25) is 0 Å². The molecule has 100 valence electrons. The van der Waals surface area contributed by atoms with Crippen molar-refractivity contribution in [3.63, 3.8) is 0 Å². The minimum absolute atomic E-state index is 0.514. The second kappa shape index (κ2) is 5.09. The van der Waals surface area contributed by atoms with Crippen LogP contribution in [-0.2, 0) is 0 Å². The van der Waals surface area contributed by atoms with Crippen molar-refractivity contribution in [3.05, 3.63) is 54.6 Å². The fourth-order valence-electron chi connectivity index (χ4n) is 2.00. The molecule has 3 aromatic rings. The molecule has 0 spiro atoms. The van der Waals surface area contributed by atoms with Crippen molar-refractivity contribution in [2.45, 2.75) is 0 Å². The summed E-state index contributed by atoms with van der Waals surface area (Å²) >= 11 is 0. The summed E-state index contributed by atoms with van der Waals surface area (Å²) in [4.78, 5) is 4.44. The minimum Gasteiger partial charge on any atom is -0.497 e. The Morgan fingerprint density at radius 3 is 2.50 bits per heavy atom.